The van der Waals surface area contributed by atoms with Crippen molar-refractivity contribution in [2.45, 2.75) is 13.0 Å². The monoisotopic (exact) mass is 465 g/mol. The Kier molecular flexibility index (Phi) is 11.1. The third-order valence-electron chi connectivity index (χ3n) is 4.95. The lowest BCUT2D eigenvalue weighted by Crippen LogP contribution is -2.45. The smallest absolute Gasteiger partial charge is 0.260 e. The van der Waals surface area contributed by atoms with Gasteiger partial charge < -0.3 is 28.6 Å². The summed E-state index contributed by atoms with van der Waals surface area (Å²) < 4.78 is 17.8. The Hall–Kier alpha value is -2.55. The van der Waals surface area contributed by atoms with E-state index in [1.54, 1.807) is 43.4 Å². The molecule has 9 heteroatoms. The lowest BCUT2D eigenvalue weighted by Gasteiger charge is -2.28. The molecule has 0 fully saturated rings. The highest BCUT2D eigenvalue weighted by atomic mass is 35.5. The fourth-order valence-corrected chi connectivity index (χ4v) is 3.20. The van der Waals surface area contributed by atoms with Gasteiger partial charge in [-0.15, -0.1) is 0 Å². The van der Waals surface area contributed by atoms with Crippen LogP contribution in [0, 0.1) is 0 Å². The van der Waals surface area contributed by atoms with Crippen molar-refractivity contribution in [1.82, 2.24) is 14.4 Å². The Labute approximate surface area is 194 Å². The topological polar surface area (TPSA) is 73.2 Å². The van der Waals surface area contributed by atoms with Crippen LogP contribution in [0.1, 0.15) is 12.1 Å². The van der Waals surface area contributed by atoms with Crippen LogP contribution >= 0.6 is 11.6 Å². The number of nitrogens with zero attached hydrogens (tertiary/aromatic N) is 3. The van der Waals surface area contributed by atoms with Gasteiger partial charge in [-0.3, -0.25) is 9.59 Å². The molecule has 2 aromatic rings. The molecular weight excluding hydrogens is 434 g/mol. The molecule has 32 heavy (non-hydrogen) atoms. The zero-order valence-corrected chi connectivity index (χ0v) is 19.7. The summed E-state index contributed by atoms with van der Waals surface area (Å²) in [5.74, 6) is 0.117. The standard InChI is InChI=1S/C23H32ClN3O5/c1-25-11-4-6-20(25)16-27(13-15-31-3)22(28)17-26(12-5-14-30-2)23(29)18-32-21-9-7-19(24)8-10-21/h4,6-11H,5,12-18H2,1-3H3. The highest BCUT2D eigenvalue weighted by Gasteiger charge is 2.22. The van der Waals surface area contributed by atoms with Gasteiger partial charge in [0.2, 0.25) is 5.91 Å². The summed E-state index contributed by atoms with van der Waals surface area (Å²) in [6.07, 6.45) is 2.55. The lowest BCUT2D eigenvalue weighted by molar-refractivity contribution is -0.142. The van der Waals surface area contributed by atoms with Gasteiger partial charge >= 0.3 is 0 Å². The van der Waals surface area contributed by atoms with Crippen molar-refractivity contribution in [3.05, 3.63) is 53.3 Å². The largest absolute Gasteiger partial charge is 0.484 e. The molecule has 8 nitrogen and oxygen atoms in total. The number of amides is 2. The van der Waals surface area contributed by atoms with Crippen LogP contribution in [0.25, 0.3) is 0 Å². The maximum atomic E-state index is 13.1. The molecule has 2 rings (SSSR count). The first-order chi connectivity index (χ1) is 15.4. The number of halogens is 1. The van der Waals surface area contributed by atoms with Crippen molar-refractivity contribution in [3.63, 3.8) is 0 Å². The summed E-state index contributed by atoms with van der Waals surface area (Å²) in [6, 6.07) is 10.7. The SMILES string of the molecule is COCCCN(CC(=O)N(CCOC)Cc1cccn1C)C(=O)COc1ccc(Cl)cc1. The summed E-state index contributed by atoms with van der Waals surface area (Å²) in [5.41, 5.74) is 0.998. The van der Waals surface area contributed by atoms with E-state index < -0.39 is 0 Å². The van der Waals surface area contributed by atoms with Gasteiger partial charge in [-0.2, -0.15) is 0 Å². The Morgan fingerprint density at radius 3 is 2.31 bits per heavy atom. The van der Waals surface area contributed by atoms with E-state index in [9.17, 15) is 9.59 Å². The highest BCUT2D eigenvalue weighted by molar-refractivity contribution is 6.30. The lowest BCUT2D eigenvalue weighted by atomic mass is 10.3. The average molecular weight is 466 g/mol. The number of ether oxygens (including phenoxy) is 3. The second kappa shape index (κ2) is 13.8. The number of carbonyl (C=O) groups is 2. The molecular formula is C23H32ClN3O5. The predicted octanol–water partition coefficient (Wildman–Crippen LogP) is 2.60. The molecule has 1 heterocycles. The number of methoxy groups -OCH3 is 2. The van der Waals surface area contributed by atoms with Gasteiger partial charge in [0.1, 0.15) is 5.75 Å². The van der Waals surface area contributed by atoms with E-state index in [4.69, 9.17) is 25.8 Å². The van der Waals surface area contributed by atoms with Crippen molar-refractivity contribution < 1.29 is 23.8 Å². The van der Waals surface area contributed by atoms with Gasteiger partial charge in [-0.25, -0.2) is 0 Å². The van der Waals surface area contributed by atoms with Gasteiger partial charge in [0, 0.05) is 57.9 Å². The third kappa shape index (κ3) is 8.53. The molecule has 0 unspecified atom stereocenters. The fourth-order valence-electron chi connectivity index (χ4n) is 3.07. The van der Waals surface area contributed by atoms with E-state index in [0.717, 1.165) is 5.69 Å². The summed E-state index contributed by atoms with van der Waals surface area (Å²) in [4.78, 5) is 29.2. The Morgan fingerprint density at radius 1 is 0.969 bits per heavy atom. The molecule has 0 aliphatic heterocycles. The number of hydrogen-bond acceptors (Lipinski definition) is 5. The minimum absolute atomic E-state index is 0.0410. The molecule has 0 N–H and O–H groups in total. The summed E-state index contributed by atoms with van der Waals surface area (Å²) in [7, 11) is 5.14. The number of hydrogen-bond donors (Lipinski definition) is 0. The van der Waals surface area contributed by atoms with Crippen molar-refractivity contribution in [1.29, 1.82) is 0 Å². The second-order valence-electron chi connectivity index (χ2n) is 7.32. The van der Waals surface area contributed by atoms with E-state index in [2.05, 4.69) is 0 Å². The Balaban J connectivity index is 2.03. The van der Waals surface area contributed by atoms with Gasteiger partial charge in [0.05, 0.1) is 19.7 Å². The second-order valence-corrected chi connectivity index (χ2v) is 7.76. The van der Waals surface area contributed by atoms with Crippen LogP contribution in [-0.2, 0) is 32.7 Å². The van der Waals surface area contributed by atoms with E-state index in [1.165, 1.54) is 4.90 Å². The van der Waals surface area contributed by atoms with Crippen molar-refractivity contribution in [3.8, 4) is 5.75 Å². The molecule has 0 spiro atoms. The number of carbonyl (C=O) groups excluding carboxylic acids is 2. The highest BCUT2D eigenvalue weighted by Crippen LogP contribution is 2.15. The first-order valence-corrected chi connectivity index (χ1v) is 10.8. The van der Waals surface area contributed by atoms with Crippen LogP contribution < -0.4 is 4.74 Å². The first kappa shape index (κ1) is 25.7. The van der Waals surface area contributed by atoms with Crippen LogP contribution in [-0.4, -0.2) is 79.9 Å². The molecule has 0 aliphatic carbocycles. The summed E-state index contributed by atoms with van der Waals surface area (Å²) >= 11 is 5.88. The van der Waals surface area contributed by atoms with Crippen LogP contribution in [0.4, 0.5) is 0 Å². The van der Waals surface area contributed by atoms with Gasteiger partial charge in [0.15, 0.2) is 6.61 Å². The predicted molar refractivity (Wildman–Crippen MR) is 123 cm³/mol. The van der Waals surface area contributed by atoms with Gasteiger partial charge in [-0.05, 0) is 42.8 Å². The minimum atomic E-state index is -0.269. The van der Waals surface area contributed by atoms with Crippen LogP contribution in [0.2, 0.25) is 5.02 Å². The molecule has 1 aromatic heterocycles. The molecule has 176 valence electrons. The molecule has 2 amide bonds. The van der Waals surface area contributed by atoms with Crippen molar-refractivity contribution in [2.75, 3.05) is 53.7 Å². The van der Waals surface area contributed by atoms with Gasteiger partial charge in [-0.1, -0.05) is 11.6 Å². The van der Waals surface area contributed by atoms with E-state index >= 15 is 0 Å². The fraction of sp³-hybridized carbons (Fsp3) is 0.478. The van der Waals surface area contributed by atoms with E-state index in [0.29, 0.717) is 50.0 Å². The quantitative estimate of drug-likeness (QED) is 0.401. The zero-order chi connectivity index (χ0) is 23.3. The number of aryl methyl sites for hydroxylation is 1. The van der Waals surface area contributed by atoms with E-state index in [-0.39, 0.29) is 25.0 Å². The van der Waals surface area contributed by atoms with E-state index in [1.807, 2.05) is 29.9 Å². The minimum Gasteiger partial charge on any atom is -0.484 e. The summed E-state index contributed by atoms with van der Waals surface area (Å²) in [5, 5.41) is 0.588. The normalized spacial score (nSPS) is 10.8. The summed E-state index contributed by atoms with van der Waals surface area (Å²) in [6.45, 7) is 1.96. The molecule has 0 saturated carbocycles. The van der Waals surface area contributed by atoms with Crippen LogP contribution in [0.15, 0.2) is 42.6 Å². The molecule has 0 saturated heterocycles. The number of rotatable bonds is 14. The van der Waals surface area contributed by atoms with Crippen molar-refractivity contribution in [2.24, 2.45) is 7.05 Å². The molecule has 0 bridgehead atoms. The molecule has 0 radical (unpaired) electrons. The number of benzene rings is 1. The molecule has 0 atom stereocenters. The maximum absolute atomic E-state index is 13.1. The zero-order valence-electron chi connectivity index (χ0n) is 19.0. The Bertz CT molecular complexity index is 840. The Morgan fingerprint density at radius 2 is 1.69 bits per heavy atom. The average Bonchev–Trinajstić information content (AvgIpc) is 3.19. The molecule has 1 aromatic carbocycles. The first-order valence-electron chi connectivity index (χ1n) is 10.5. The van der Waals surface area contributed by atoms with Crippen LogP contribution in [0.5, 0.6) is 5.75 Å². The van der Waals surface area contributed by atoms with Crippen molar-refractivity contribution >= 4 is 23.4 Å². The molecule has 0 aliphatic rings. The third-order valence-corrected chi connectivity index (χ3v) is 5.21. The van der Waals surface area contributed by atoms with Crippen LogP contribution in [0.3, 0.4) is 0 Å². The maximum Gasteiger partial charge on any atom is 0.260 e. The number of aromatic nitrogens is 1. The van der Waals surface area contributed by atoms with Gasteiger partial charge in [0.25, 0.3) is 5.91 Å².